The fourth-order valence-electron chi connectivity index (χ4n) is 4.51. The monoisotopic (exact) mass is 522 g/mol. The van der Waals surface area contributed by atoms with Crippen LogP contribution in [0.1, 0.15) is 29.1 Å². The van der Waals surface area contributed by atoms with Crippen LogP contribution in [0.25, 0.3) is 27.6 Å². The number of ether oxygens (including phenoxy) is 1. The first-order chi connectivity index (χ1) is 18.0. The highest BCUT2D eigenvalue weighted by atomic mass is 32.1. The summed E-state index contributed by atoms with van der Waals surface area (Å²) in [6.45, 7) is 2.67. The minimum Gasteiger partial charge on any atom is -0.496 e. The molecule has 37 heavy (non-hydrogen) atoms. The number of halogens is 1. The lowest BCUT2D eigenvalue weighted by Crippen LogP contribution is -2.35. The smallest absolute Gasteiger partial charge is 0.290 e. The number of carbonyl (C=O) groups excluding carboxylic acids is 1. The molecular formula is C27H27FN4O4S. The number of hydrogen-bond acceptors (Lipinski definition) is 6. The molecule has 0 fully saturated rings. The molecule has 0 unspecified atom stereocenters. The van der Waals surface area contributed by atoms with Crippen molar-refractivity contribution in [3.8, 4) is 16.9 Å². The molecule has 4 aromatic rings. The van der Waals surface area contributed by atoms with Gasteiger partial charge < -0.3 is 19.7 Å². The minimum absolute atomic E-state index is 0.0622. The third kappa shape index (κ3) is 5.69. The molecule has 0 spiro atoms. The van der Waals surface area contributed by atoms with Gasteiger partial charge in [-0.25, -0.2) is 9.37 Å². The summed E-state index contributed by atoms with van der Waals surface area (Å²) in [4.78, 5) is 34.8. The second-order valence-electron chi connectivity index (χ2n) is 8.47. The Bertz CT molecular complexity index is 1430. The number of aromatic nitrogens is 3. The number of rotatable bonds is 6. The Labute approximate surface area is 217 Å². The fraction of sp³-hybridized carbons (Fsp3) is 0.259. The van der Waals surface area contributed by atoms with Gasteiger partial charge in [0.25, 0.3) is 6.47 Å². The van der Waals surface area contributed by atoms with Gasteiger partial charge in [-0.05, 0) is 42.7 Å². The summed E-state index contributed by atoms with van der Waals surface area (Å²) in [5, 5.41) is 10.5. The molecule has 4 heterocycles. The Balaban J connectivity index is 0.00000102. The Kier molecular flexibility index (Phi) is 8.29. The summed E-state index contributed by atoms with van der Waals surface area (Å²) in [7, 11) is 1.61. The van der Waals surface area contributed by atoms with Crippen molar-refractivity contribution in [3.05, 3.63) is 70.3 Å². The van der Waals surface area contributed by atoms with Gasteiger partial charge in [-0.15, -0.1) is 11.3 Å². The highest BCUT2D eigenvalue weighted by Gasteiger charge is 2.24. The normalized spacial score (nSPS) is 13.1. The molecule has 0 atom stereocenters. The topological polar surface area (TPSA) is 108 Å². The maximum atomic E-state index is 15.8. The number of methoxy groups -OCH3 is 1. The number of hydrogen-bond donors (Lipinski definition) is 2. The molecule has 1 aliphatic rings. The van der Waals surface area contributed by atoms with Gasteiger partial charge in [-0.3, -0.25) is 14.6 Å². The van der Waals surface area contributed by atoms with Crippen molar-refractivity contribution in [2.75, 3.05) is 20.2 Å². The summed E-state index contributed by atoms with van der Waals surface area (Å²) in [6.07, 6.45) is 8.91. The number of fused-ring (bicyclic) bond motifs is 1. The second kappa shape index (κ2) is 11.8. The molecule has 0 bridgehead atoms. The molecule has 0 saturated carbocycles. The van der Waals surface area contributed by atoms with Crippen LogP contribution in [-0.4, -0.2) is 57.5 Å². The number of pyridine rings is 1. The van der Waals surface area contributed by atoms with Gasteiger partial charge in [-0.1, -0.05) is 6.08 Å². The molecule has 0 aliphatic carbocycles. The average molecular weight is 523 g/mol. The van der Waals surface area contributed by atoms with Gasteiger partial charge in [0.1, 0.15) is 5.75 Å². The average Bonchev–Trinajstić information content (AvgIpc) is 3.58. The van der Waals surface area contributed by atoms with E-state index < -0.39 is 0 Å². The van der Waals surface area contributed by atoms with Gasteiger partial charge in [0.05, 0.1) is 17.6 Å². The number of carbonyl (C=O) groups is 2. The van der Waals surface area contributed by atoms with Crippen molar-refractivity contribution in [1.29, 1.82) is 0 Å². The number of carboxylic acid groups (broad SMARTS) is 1. The molecule has 5 rings (SSSR count). The molecule has 192 valence electrons. The molecule has 10 heteroatoms. The minimum atomic E-state index is -0.307. The highest BCUT2D eigenvalue weighted by molar-refractivity contribution is 7.09. The lowest BCUT2D eigenvalue weighted by Gasteiger charge is -2.28. The molecular weight excluding hydrogens is 495 g/mol. The first kappa shape index (κ1) is 26.0. The third-order valence-corrected chi connectivity index (χ3v) is 7.00. The van der Waals surface area contributed by atoms with Gasteiger partial charge in [-0.2, -0.15) is 0 Å². The summed E-state index contributed by atoms with van der Waals surface area (Å²) in [5.41, 5.74) is 4.25. The number of H-pyrrole nitrogens is 1. The van der Waals surface area contributed by atoms with Crippen molar-refractivity contribution in [3.63, 3.8) is 0 Å². The Morgan fingerprint density at radius 1 is 1.30 bits per heavy atom. The van der Waals surface area contributed by atoms with Crippen molar-refractivity contribution in [2.24, 2.45) is 0 Å². The number of amides is 1. The van der Waals surface area contributed by atoms with E-state index in [1.54, 1.807) is 43.1 Å². The van der Waals surface area contributed by atoms with Gasteiger partial charge in [0.2, 0.25) is 5.91 Å². The molecule has 1 amide bonds. The maximum absolute atomic E-state index is 15.8. The summed E-state index contributed by atoms with van der Waals surface area (Å²) in [5.74, 6) is 0.425. The van der Waals surface area contributed by atoms with Crippen LogP contribution < -0.4 is 4.74 Å². The lowest BCUT2D eigenvalue weighted by atomic mass is 9.93. The summed E-state index contributed by atoms with van der Waals surface area (Å²) in [6, 6.07) is 5.60. The zero-order valence-corrected chi connectivity index (χ0v) is 21.3. The van der Waals surface area contributed by atoms with Crippen LogP contribution >= 0.6 is 11.3 Å². The van der Waals surface area contributed by atoms with Crippen LogP contribution in [0.5, 0.6) is 5.75 Å². The van der Waals surface area contributed by atoms with Gasteiger partial charge in [0, 0.05) is 72.1 Å². The van der Waals surface area contributed by atoms with Crippen LogP contribution in [0.4, 0.5) is 4.39 Å². The first-order valence-corrected chi connectivity index (χ1v) is 12.6. The number of nitrogens with zero attached hydrogens (tertiary/aromatic N) is 3. The van der Waals surface area contributed by atoms with E-state index >= 15 is 4.39 Å². The zero-order chi connectivity index (χ0) is 26.4. The van der Waals surface area contributed by atoms with E-state index in [1.807, 2.05) is 35.4 Å². The van der Waals surface area contributed by atoms with Crippen LogP contribution in [0.3, 0.4) is 0 Å². The fourth-order valence-corrected chi connectivity index (χ4v) is 5.13. The quantitative estimate of drug-likeness (QED) is 0.342. The van der Waals surface area contributed by atoms with Crippen LogP contribution in [0.2, 0.25) is 0 Å². The first-order valence-electron chi connectivity index (χ1n) is 11.7. The van der Waals surface area contributed by atoms with Crippen molar-refractivity contribution < 1.29 is 23.8 Å². The summed E-state index contributed by atoms with van der Waals surface area (Å²) < 4.78 is 21.3. The largest absolute Gasteiger partial charge is 0.496 e. The standard InChI is InChI=1S/C26H25FN4O2S.CH2O2/c1-16-12-20-19(21-14-28-8-7-22(21)33-2)13-18(25(27)26(20)30-16)17-4-3-10-31(15-17)24(32)6-5-23-29-9-11-34-23;2-1-3/h4,7-9,11-14,30H,3,5-6,10,15H2,1-2H3;1H,(H,2,3). The Morgan fingerprint density at radius 2 is 2.11 bits per heavy atom. The molecule has 0 radical (unpaired) electrons. The van der Waals surface area contributed by atoms with E-state index in [0.717, 1.165) is 32.8 Å². The Morgan fingerprint density at radius 3 is 2.84 bits per heavy atom. The Hall–Kier alpha value is -4.05. The number of aromatic amines is 1. The lowest BCUT2D eigenvalue weighted by molar-refractivity contribution is -0.130. The van der Waals surface area contributed by atoms with Gasteiger partial charge in [0.15, 0.2) is 5.82 Å². The number of benzene rings is 1. The number of aryl methyl sites for hydroxylation is 2. The van der Waals surface area contributed by atoms with Crippen molar-refractivity contribution >= 4 is 40.2 Å². The van der Waals surface area contributed by atoms with E-state index in [1.165, 1.54) is 0 Å². The van der Waals surface area contributed by atoms with E-state index in [2.05, 4.69) is 15.0 Å². The van der Waals surface area contributed by atoms with Crippen LogP contribution in [0, 0.1) is 12.7 Å². The summed E-state index contributed by atoms with van der Waals surface area (Å²) >= 11 is 1.55. The second-order valence-corrected chi connectivity index (χ2v) is 9.45. The third-order valence-electron chi connectivity index (χ3n) is 6.16. The molecule has 3 aromatic heterocycles. The van der Waals surface area contributed by atoms with E-state index in [4.69, 9.17) is 14.6 Å². The highest BCUT2D eigenvalue weighted by Crippen LogP contribution is 2.39. The van der Waals surface area contributed by atoms with Crippen molar-refractivity contribution in [2.45, 2.75) is 26.2 Å². The predicted octanol–water partition coefficient (Wildman–Crippen LogP) is 5.09. The van der Waals surface area contributed by atoms with E-state index in [9.17, 15) is 4.79 Å². The van der Waals surface area contributed by atoms with Gasteiger partial charge >= 0.3 is 0 Å². The molecule has 2 N–H and O–H groups in total. The number of thiazole rings is 1. The van der Waals surface area contributed by atoms with Crippen molar-refractivity contribution in [1.82, 2.24) is 19.9 Å². The predicted molar refractivity (Wildman–Crippen MR) is 141 cm³/mol. The molecule has 1 aliphatic heterocycles. The van der Waals surface area contributed by atoms with E-state index in [0.29, 0.717) is 49.2 Å². The number of nitrogens with one attached hydrogen (secondary N) is 1. The van der Waals surface area contributed by atoms with Crippen LogP contribution in [0.15, 0.2) is 48.2 Å². The maximum Gasteiger partial charge on any atom is 0.290 e. The zero-order valence-electron chi connectivity index (χ0n) is 20.5. The molecule has 0 saturated heterocycles. The molecule has 8 nitrogen and oxygen atoms in total. The van der Waals surface area contributed by atoms with E-state index in [-0.39, 0.29) is 18.2 Å². The van der Waals surface area contributed by atoms with Crippen LogP contribution in [-0.2, 0) is 16.0 Å². The molecule has 1 aromatic carbocycles. The SMILES string of the molecule is COc1ccncc1-c1cc(C2=CCCN(C(=O)CCc3nccs3)C2)c(F)c2[nH]c(C)cc12.O=CO.